The van der Waals surface area contributed by atoms with Crippen molar-refractivity contribution in [1.29, 1.82) is 0 Å². The van der Waals surface area contributed by atoms with Crippen LogP contribution < -0.4 is 0 Å². The molecule has 4 rings (SSSR count). The molecular weight excluding hydrogens is 501 g/mol. The highest BCUT2D eigenvalue weighted by Crippen LogP contribution is 2.57. The average molecular weight is 520 g/mol. The van der Waals surface area contributed by atoms with Gasteiger partial charge in [0.2, 0.25) is 10.0 Å². The number of halogens is 2. The van der Waals surface area contributed by atoms with Crippen molar-refractivity contribution in [3.05, 3.63) is 88.4 Å². The SMILES string of the molecule is O=C(O)CN([C@]1(C(=O)O)C[C@H]1c1cccc(Cl)c1)S(=O)(=O)c1ccc(-c2ccc(Cl)cc2)cc1. The van der Waals surface area contributed by atoms with Crippen LogP contribution in [-0.4, -0.2) is 47.0 Å². The quantitative estimate of drug-likeness (QED) is 0.444. The lowest BCUT2D eigenvalue weighted by Crippen LogP contribution is -2.50. The third-order valence-electron chi connectivity index (χ3n) is 5.90. The Morgan fingerprint density at radius 3 is 2.03 bits per heavy atom. The number of aliphatic carboxylic acids is 2. The summed E-state index contributed by atoms with van der Waals surface area (Å²) in [6, 6.07) is 19.2. The summed E-state index contributed by atoms with van der Waals surface area (Å²) < 4.78 is 27.7. The van der Waals surface area contributed by atoms with E-state index in [1.165, 1.54) is 12.1 Å². The van der Waals surface area contributed by atoms with Crippen molar-refractivity contribution in [2.75, 3.05) is 6.54 Å². The lowest BCUT2D eigenvalue weighted by atomic mass is 10.1. The third kappa shape index (κ3) is 4.42. The second-order valence-electron chi connectivity index (χ2n) is 7.98. The summed E-state index contributed by atoms with van der Waals surface area (Å²) >= 11 is 11.9. The Morgan fingerprint density at radius 1 is 0.912 bits per heavy atom. The number of carbonyl (C=O) groups is 2. The zero-order chi connectivity index (χ0) is 24.7. The van der Waals surface area contributed by atoms with E-state index in [0.717, 1.165) is 11.1 Å². The van der Waals surface area contributed by atoms with Gasteiger partial charge in [-0.25, -0.2) is 8.42 Å². The standard InChI is InChI=1S/C24H19Cl2NO6S/c25-18-8-4-15(5-9-18)16-6-10-20(11-7-16)34(32,33)27(14-22(28)29)24(23(30)31)13-21(24)17-2-1-3-19(26)12-17/h1-12,21H,13-14H2,(H,28,29)(H,30,31)/t21-,24+/m0/s1. The Balaban J connectivity index is 1.73. The monoisotopic (exact) mass is 519 g/mol. The first-order valence-corrected chi connectivity index (χ1v) is 12.3. The van der Waals surface area contributed by atoms with Crippen LogP contribution in [0.5, 0.6) is 0 Å². The molecule has 10 heteroatoms. The lowest BCUT2D eigenvalue weighted by molar-refractivity contribution is -0.145. The van der Waals surface area contributed by atoms with Crippen molar-refractivity contribution in [1.82, 2.24) is 4.31 Å². The summed E-state index contributed by atoms with van der Waals surface area (Å²) in [7, 11) is -4.48. The molecule has 1 aliphatic carbocycles. The molecule has 0 spiro atoms. The lowest BCUT2D eigenvalue weighted by Gasteiger charge is -2.28. The Hall–Kier alpha value is -2.91. The Bertz CT molecular complexity index is 1360. The fourth-order valence-corrected chi connectivity index (χ4v) is 6.19. The molecule has 3 aromatic rings. The summed E-state index contributed by atoms with van der Waals surface area (Å²) in [4.78, 5) is 23.8. The molecule has 0 aromatic heterocycles. The first kappa shape index (κ1) is 24.2. The fourth-order valence-electron chi connectivity index (χ4n) is 4.14. The van der Waals surface area contributed by atoms with Gasteiger partial charge in [0.05, 0.1) is 4.90 Å². The van der Waals surface area contributed by atoms with E-state index < -0.39 is 40.0 Å². The van der Waals surface area contributed by atoms with Crippen molar-refractivity contribution >= 4 is 45.2 Å². The molecule has 2 N–H and O–H groups in total. The van der Waals surface area contributed by atoms with E-state index in [2.05, 4.69) is 0 Å². The van der Waals surface area contributed by atoms with Crippen LogP contribution in [0.4, 0.5) is 0 Å². The topological polar surface area (TPSA) is 112 Å². The van der Waals surface area contributed by atoms with Crippen LogP contribution in [0.2, 0.25) is 10.0 Å². The van der Waals surface area contributed by atoms with E-state index in [-0.39, 0.29) is 11.3 Å². The minimum absolute atomic E-state index is 0.0714. The molecule has 34 heavy (non-hydrogen) atoms. The van der Waals surface area contributed by atoms with Gasteiger partial charge >= 0.3 is 11.9 Å². The molecule has 7 nitrogen and oxygen atoms in total. The number of rotatable bonds is 8. The van der Waals surface area contributed by atoms with E-state index in [1.807, 2.05) is 0 Å². The minimum atomic E-state index is -4.48. The first-order chi connectivity index (χ1) is 16.1. The summed E-state index contributed by atoms with van der Waals surface area (Å²) in [5, 5.41) is 20.5. The van der Waals surface area contributed by atoms with Gasteiger partial charge in [0.25, 0.3) is 0 Å². The van der Waals surface area contributed by atoms with Crippen LogP contribution in [0.1, 0.15) is 17.9 Å². The van der Waals surface area contributed by atoms with E-state index >= 15 is 0 Å². The molecule has 0 saturated heterocycles. The van der Waals surface area contributed by atoms with Crippen LogP contribution in [0.25, 0.3) is 11.1 Å². The first-order valence-electron chi connectivity index (χ1n) is 10.2. The van der Waals surface area contributed by atoms with Gasteiger partial charge in [-0.1, -0.05) is 59.6 Å². The third-order valence-corrected chi connectivity index (χ3v) is 8.29. The zero-order valence-electron chi connectivity index (χ0n) is 17.6. The summed E-state index contributed by atoms with van der Waals surface area (Å²) in [5.41, 5.74) is 0.118. The summed E-state index contributed by atoms with van der Waals surface area (Å²) in [6.07, 6.45) is -0.0714. The number of carboxylic acid groups (broad SMARTS) is 2. The van der Waals surface area contributed by atoms with Crippen molar-refractivity contribution in [3.63, 3.8) is 0 Å². The highest BCUT2D eigenvalue weighted by molar-refractivity contribution is 7.89. The molecule has 0 amide bonds. The van der Waals surface area contributed by atoms with Crippen molar-refractivity contribution < 1.29 is 28.2 Å². The zero-order valence-corrected chi connectivity index (χ0v) is 19.9. The molecule has 0 aliphatic heterocycles. The van der Waals surface area contributed by atoms with Crippen LogP contribution in [-0.2, 0) is 19.6 Å². The Morgan fingerprint density at radius 2 is 1.50 bits per heavy atom. The largest absolute Gasteiger partial charge is 0.480 e. The molecule has 1 aliphatic rings. The van der Waals surface area contributed by atoms with Gasteiger partial charge in [0, 0.05) is 16.0 Å². The van der Waals surface area contributed by atoms with Gasteiger partial charge < -0.3 is 10.2 Å². The molecule has 0 unspecified atom stereocenters. The van der Waals surface area contributed by atoms with E-state index in [4.69, 9.17) is 23.2 Å². The van der Waals surface area contributed by atoms with Gasteiger partial charge in [-0.2, -0.15) is 4.31 Å². The highest BCUT2D eigenvalue weighted by Gasteiger charge is 2.68. The van der Waals surface area contributed by atoms with Crippen LogP contribution >= 0.6 is 23.2 Å². The van der Waals surface area contributed by atoms with Gasteiger partial charge in [0.15, 0.2) is 0 Å². The van der Waals surface area contributed by atoms with Crippen molar-refractivity contribution in [2.24, 2.45) is 0 Å². The molecule has 1 saturated carbocycles. The van der Waals surface area contributed by atoms with Crippen LogP contribution in [0, 0.1) is 0 Å². The van der Waals surface area contributed by atoms with Gasteiger partial charge in [-0.3, -0.25) is 9.59 Å². The maximum absolute atomic E-state index is 13.6. The summed E-state index contributed by atoms with van der Waals surface area (Å²) in [5.74, 6) is -3.62. The molecule has 0 radical (unpaired) electrons. The summed E-state index contributed by atoms with van der Waals surface area (Å²) in [6.45, 7) is -0.995. The molecule has 0 bridgehead atoms. The maximum atomic E-state index is 13.6. The molecule has 1 fully saturated rings. The molecule has 2 atom stereocenters. The van der Waals surface area contributed by atoms with Crippen molar-refractivity contribution in [2.45, 2.75) is 22.8 Å². The molecule has 3 aromatic carbocycles. The van der Waals surface area contributed by atoms with Gasteiger partial charge in [-0.15, -0.1) is 0 Å². The number of hydrogen-bond acceptors (Lipinski definition) is 4. The predicted octanol–water partition coefficient (Wildman–Crippen LogP) is 4.75. The Kier molecular flexibility index (Phi) is 6.44. The predicted molar refractivity (Wildman–Crippen MR) is 128 cm³/mol. The maximum Gasteiger partial charge on any atom is 0.325 e. The molecule has 176 valence electrons. The second kappa shape index (κ2) is 9.03. The average Bonchev–Trinajstić information content (AvgIpc) is 3.55. The van der Waals surface area contributed by atoms with Crippen LogP contribution in [0.3, 0.4) is 0 Å². The number of benzene rings is 3. The normalized spacial score (nSPS) is 19.7. The molecular formula is C24H19Cl2NO6S. The highest BCUT2D eigenvalue weighted by atomic mass is 35.5. The Labute approximate surface area is 206 Å². The number of nitrogens with zero attached hydrogens (tertiary/aromatic N) is 1. The van der Waals surface area contributed by atoms with Gasteiger partial charge in [-0.05, 0) is 59.5 Å². The van der Waals surface area contributed by atoms with Crippen molar-refractivity contribution in [3.8, 4) is 11.1 Å². The fraction of sp³-hybridized carbons (Fsp3) is 0.167. The van der Waals surface area contributed by atoms with E-state index in [0.29, 0.717) is 19.9 Å². The smallest absolute Gasteiger partial charge is 0.325 e. The number of carboxylic acids is 2. The molecule has 0 heterocycles. The second-order valence-corrected chi connectivity index (χ2v) is 10.7. The van der Waals surface area contributed by atoms with E-state index in [1.54, 1.807) is 60.7 Å². The number of sulfonamides is 1. The van der Waals surface area contributed by atoms with Crippen LogP contribution in [0.15, 0.2) is 77.7 Å². The van der Waals surface area contributed by atoms with Gasteiger partial charge in [0.1, 0.15) is 12.1 Å². The van der Waals surface area contributed by atoms with E-state index in [9.17, 15) is 28.2 Å². The minimum Gasteiger partial charge on any atom is -0.480 e. The number of hydrogen-bond donors (Lipinski definition) is 2.